The molecule has 0 spiro atoms. The number of H-pyrrole nitrogens is 1. The number of carbonyl (C=O) groups is 1. The van der Waals surface area contributed by atoms with Crippen LogP contribution >= 0.6 is 0 Å². The number of nitrogens with one attached hydrogen (secondary N) is 2. The van der Waals surface area contributed by atoms with Gasteiger partial charge in [-0.1, -0.05) is 36.4 Å². The molecule has 5 nitrogen and oxygen atoms in total. The number of benzene rings is 2. The predicted octanol–water partition coefficient (Wildman–Crippen LogP) is 4.75. The van der Waals surface area contributed by atoms with Gasteiger partial charge in [-0.15, -0.1) is 0 Å². The standard InChI is InChI=1S/C27H32N4O/c1-20-22(24-10-5-7-12-26(24)31(20)18-8-17-30(2)3)13-14-27(32)28-16-15-21-19-29-25-11-6-4-9-23(21)25/h4-7,9-14,19,29H,8,15-18H2,1-3H3,(H,28,32). The fraction of sp³-hybridized carbons (Fsp3) is 0.296. The van der Waals surface area contributed by atoms with Gasteiger partial charge >= 0.3 is 0 Å². The number of aryl methyl sites for hydroxylation is 1. The quantitative estimate of drug-likeness (QED) is 0.378. The highest BCUT2D eigenvalue weighted by Gasteiger charge is 2.12. The highest BCUT2D eigenvalue weighted by molar-refractivity contribution is 5.97. The van der Waals surface area contributed by atoms with Gasteiger partial charge in [-0.3, -0.25) is 4.79 Å². The molecule has 0 aliphatic heterocycles. The number of hydrogen-bond donors (Lipinski definition) is 2. The van der Waals surface area contributed by atoms with E-state index in [2.05, 4.69) is 77.2 Å². The maximum Gasteiger partial charge on any atom is 0.244 e. The first kappa shape index (κ1) is 21.9. The SMILES string of the molecule is Cc1c(C=CC(=O)NCCc2c[nH]c3ccccc23)c2ccccc2n1CCCN(C)C. The van der Waals surface area contributed by atoms with Crippen LogP contribution in [0.3, 0.4) is 0 Å². The minimum atomic E-state index is -0.0614. The zero-order valence-corrected chi connectivity index (χ0v) is 19.2. The van der Waals surface area contributed by atoms with Crippen molar-refractivity contribution in [3.8, 4) is 0 Å². The number of para-hydroxylation sites is 2. The third kappa shape index (κ3) is 4.78. The van der Waals surface area contributed by atoms with Crippen molar-refractivity contribution in [3.63, 3.8) is 0 Å². The average Bonchev–Trinajstić information content (AvgIpc) is 3.31. The van der Waals surface area contributed by atoms with Crippen LogP contribution in [0.15, 0.2) is 60.8 Å². The maximum atomic E-state index is 12.5. The molecular weight excluding hydrogens is 396 g/mol. The van der Waals surface area contributed by atoms with E-state index in [4.69, 9.17) is 0 Å². The third-order valence-corrected chi connectivity index (χ3v) is 6.04. The van der Waals surface area contributed by atoms with Crippen molar-refractivity contribution in [2.75, 3.05) is 27.2 Å². The average molecular weight is 429 g/mol. The summed E-state index contributed by atoms with van der Waals surface area (Å²) in [5, 5.41) is 5.43. The summed E-state index contributed by atoms with van der Waals surface area (Å²) in [4.78, 5) is 18.0. The van der Waals surface area contributed by atoms with Crippen molar-refractivity contribution in [1.29, 1.82) is 0 Å². The molecular formula is C27H32N4O. The lowest BCUT2D eigenvalue weighted by Gasteiger charge is -2.12. The second kappa shape index (κ2) is 9.88. The largest absolute Gasteiger partial charge is 0.361 e. The third-order valence-electron chi connectivity index (χ3n) is 6.04. The fourth-order valence-electron chi connectivity index (χ4n) is 4.38. The van der Waals surface area contributed by atoms with Crippen molar-refractivity contribution in [1.82, 2.24) is 19.8 Å². The van der Waals surface area contributed by atoms with E-state index in [0.717, 1.165) is 37.0 Å². The summed E-state index contributed by atoms with van der Waals surface area (Å²) >= 11 is 0. The van der Waals surface area contributed by atoms with Crippen molar-refractivity contribution >= 4 is 33.8 Å². The Kier molecular flexibility index (Phi) is 6.76. The monoisotopic (exact) mass is 428 g/mol. The van der Waals surface area contributed by atoms with Crippen molar-refractivity contribution in [2.45, 2.75) is 26.3 Å². The lowest BCUT2D eigenvalue weighted by molar-refractivity contribution is -0.116. The molecule has 5 heteroatoms. The van der Waals surface area contributed by atoms with E-state index >= 15 is 0 Å². The number of fused-ring (bicyclic) bond motifs is 2. The minimum Gasteiger partial charge on any atom is -0.361 e. The van der Waals surface area contributed by atoms with Crippen molar-refractivity contribution < 1.29 is 4.79 Å². The van der Waals surface area contributed by atoms with Gasteiger partial charge in [0.05, 0.1) is 0 Å². The Balaban J connectivity index is 1.42. The first-order valence-electron chi connectivity index (χ1n) is 11.3. The molecule has 0 unspecified atom stereocenters. The Morgan fingerprint density at radius 2 is 1.84 bits per heavy atom. The Labute approximate surface area is 189 Å². The van der Waals surface area contributed by atoms with Crippen LogP contribution in [-0.4, -0.2) is 47.5 Å². The van der Waals surface area contributed by atoms with Gasteiger partial charge in [0.25, 0.3) is 0 Å². The molecule has 2 N–H and O–H groups in total. The molecule has 2 aromatic heterocycles. The summed E-state index contributed by atoms with van der Waals surface area (Å²) in [6.45, 7) is 4.77. The lowest BCUT2D eigenvalue weighted by Crippen LogP contribution is -2.23. The first-order valence-corrected chi connectivity index (χ1v) is 11.3. The summed E-state index contributed by atoms with van der Waals surface area (Å²) in [5.74, 6) is -0.0614. The molecule has 0 saturated carbocycles. The fourth-order valence-corrected chi connectivity index (χ4v) is 4.38. The zero-order valence-electron chi connectivity index (χ0n) is 19.2. The number of aromatic amines is 1. The van der Waals surface area contributed by atoms with Crippen LogP contribution in [0.1, 0.15) is 23.2 Å². The molecule has 1 amide bonds. The van der Waals surface area contributed by atoms with Crippen LogP contribution in [0.25, 0.3) is 27.9 Å². The first-order chi connectivity index (χ1) is 15.5. The molecule has 0 radical (unpaired) electrons. The summed E-state index contributed by atoms with van der Waals surface area (Å²) in [6.07, 6.45) is 7.54. The van der Waals surface area contributed by atoms with Crippen LogP contribution in [0.4, 0.5) is 0 Å². The van der Waals surface area contributed by atoms with Gasteiger partial charge in [0.2, 0.25) is 5.91 Å². The van der Waals surface area contributed by atoms with Gasteiger partial charge < -0.3 is 19.8 Å². The second-order valence-electron chi connectivity index (χ2n) is 8.56. The summed E-state index contributed by atoms with van der Waals surface area (Å²) < 4.78 is 2.37. The summed E-state index contributed by atoms with van der Waals surface area (Å²) in [5.41, 5.74) is 5.90. The Hall–Kier alpha value is -3.31. The highest BCUT2D eigenvalue weighted by Crippen LogP contribution is 2.27. The summed E-state index contributed by atoms with van der Waals surface area (Å²) in [7, 11) is 4.21. The number of carbonyl (C=O) groups excluding carboxylic acids is 1. The highest BCUT2D eigenvalue weighted by atomic mass is 16.1. The van der Waals surface area contributed by atoms with Gasteiger partial charge in [0, 0.05) is 58.4 Å². The van der Waals surface area contributed by atoms with Crippen LogP contribution in [0.5, 0.6) is 0 Å². The molecule has 0 aliphatic rings. The van der Waals surface area contributed by atoms with E-state index in [-0.39, 0.29) is 5.91 Å². The van der Waals surface area contributed by atoms with Gasteiger partial charge in [0.1, 0.15) is 0 Å². The van der Waals surface area contributed by atoms with E-state index in [1.807, 2.05) is 24.4 Å². The molecule has 2 heterocycles. The molecule has 32 heavy (non-hydrogen) atoms. The van der Waals surface area contributed by atoms with E-state index in [1.54, 1.807) is 6.08 Å². The maximum absolute atomic E-state index is 12.5. The zero-order chi connectivity index (χ0) is 22.5. The van der Waals surface area contributed by atoms with Gasteiger partial charge in [0.15, 0.2) is 0 Å². The second-order valence-corrected chi connectivity index (χ2v) is 8.56. The van der Waals surface area contributed by atoms with E-state index in [0.29, 0.717) is 6.54 Å². The Bertz CT molecular complexity index is 1250. The Morgan fingerprint density at radius 3 is 2.66 bits per heavy atom. The number of amides is 1. The number of hydrogen-bond acceptors (Lipinski definition) is 2. The van der Waals surface area contributed by atoms with Crippen LogP contribution < -0.4 is 5.32 Å². The molecule has 4 aromatic rings. The lowest BCUT2D eigenvalue weighted by atomic mass is 10.1. The molecule has 4 rings (SSSR count). The topological polar surface area (TPSA) is 53.1 Å². The minimum absolute atomic E-state index is 0.0614. The molecule has 0 bridgehead atoms. The number of aromatic nitrogens is 2. The smallest absolute Gasteiger partial charge is 0.244 e. The van der Waals surface area contributed by atoms with E-state index < -0.39 is 0 Å². The molecule has 2 aromatic carbocycles. The number of rotatable bonds is 9. The van der Waals surface area contributed by atoms with Crippen LogP contribution in [0.2, 0.25) is 0 Å². The van der Waals surface area contributed by atoms with Gasteiger partial charge in [-0.05, 0) is 64.2 Å². The Morgan fingerprint density at radius 1 is 1.09 bits per heavy atom. The van der Waals surface area contributed by atoms with Gasteiger partial charge in [-0.25, -0.2) is 0 Å². The molecule has 0 fully saturated rings. The van der Waals surface area contributed by atoms with Crippen LogP contribution in [0, 0.1) is 6.92 Å². The van der Waals surface area contributed by atoms with E-state index in [1.165, 1.54) is 27.5 Å². The molecule has 0 saturated heterocycles. The molecule has 0 aliphatic carbocycles. The molecule has 166 valence electrons. The normalized spacial score (nSPS) is 11.9. The summed E-state index contributed by atoms with van der Waals surface area (Å²) in [6, 6.07) is 16.7. The predicted molar refractivity (Wildman–Crippen MR) is 134 cm³/mol. The van der Waals surface area contributed by atoms with Crippen molar-refractivity contribution in [2.24, 2.45) is 0 Å². The van der Waals surface area contributed by atoms with Crippen LogP contribution in [-0.2, 0) is 17.8 Å². The van der Waals surface area contributed by atoms with E-state index in [9.17, 15) is 4.79 Å². The van der Waals surface area contributed by atoms with Gasteiger partial charge in [-0.2, -0.15) is 0 Å². The molecule has 0 atom stereocenters. The van der Waals surface area contributed by atoms with Crippen molar-refractivity contribution in [3.05, 3.63) is 77.6 Å². The number of nitrogens with zero attached hydrogens (tertiary/aromatic N) is 2.